The number of piperidine rings is 1. The number of aliphatic imine (C=N–C) groups is 2. The average molecular weight is 474 g/mol. The van der Waals surface area contributed by atoms with E-state index in [1.165, 1.54) is 17.2 Å². The first kappa shape index (κ1) is 23.7. The molecule has 0 aliphatic carbocycles. The van der Waals surface area contributed by atoms with Crippen LogP contribution >= 0.6 is 0 Å². The Morgan fingerprint density at radius 2 is 2.06 bits per heavy atom. The van der Waals surface area contributed by atoms with Crippen molar-refractivity contribution in [3.05, 3.63) is 47.4 Å². The van der Waals surface area contributed by atoms with Crippen LogP contribution in [0.25, 0.3) is 11.0 Å². The fraction of sp³-hybridized carbons (Fsp3) is 0.435. The Labute approximate surface area is 195 Å². The van der Waals surface area contributed by atoms with Crippen LogP contribution in [0.2, 0.25) is 0 Å². The Morgan fingerprint density at radius 1 is 1.26 bits per heavy atom. The number of allylic oxidation sites excluding steroid dienone is 1. The van der Waals surface area contributed by atoms with Gasteiger partial charge in [-0.25, -0.2) is 25.0 Å². The molecule has 0 aromatic carbocycles. The number of nitrogens with one attached hydrogen (secondary N) is 1. The van der Waals surface area contributed by atoms with Gasteiger partial charge in [-0.15, -0.1) is 0 Å². The largest absolute Gasteiger partial charge is 0.434 e. The number of halogens is 3. The van der Waals surface area contributed by atoms with Crippen LogP contribution in [-0.2, 0) is 6.18 Å². The van der Waals surface area contributed by atoms with Crippen molar-refractivity contribution in [2.24, 2.45) is 15.9 Å². The summed E-state index contributed by atoms with van der Waals surface area (Å²) in [5.74, 6) is -0.733. The molecule has 0 radical (unpaired) electrons. The van der Waals surface area contributed by atoms with Gasteiger partial charge in [0.15, 0.2) is 11.3 Å². The van der Waals surface area contributed by atoms with Crippen LogP contribution in [0, 0.1) is 5.92 Å². The van der Waals surface area contributed by atoms with E-state index >= 15 is 0 Å². The van der Waals surface area contributed by atoms with Crippen molar-refractivity contribution >= 4 is 29.0 Å². The van der Waals surface area contributed by atoms with Crippen molar-refractivity contribution in [2.45, 2.75) is 46.1 Å². The van der Waals surface area contributed by atoms with Crippen LogP contribution in [0.15, 0.2) is 46.2 Å². The maximum absolute atomic E-state index is 13.7. The van der Waals surface area contributed by atoms with Gasteiger partial charge in [0.1, 0.15) is 6.34 Å². The summed E-state index contributed by atoms with van der Waals surface area (Å²) in [6.07, 6.45) is 1.19. The standard InChI is InChI=1S/C21H20F3N7O.C2H6/c1-12-8-16(31-20(28-12)26-11-27-31)14-5-3-7-30(10-14)19(32)15-9-13-4-2-6-25-18(13)29-17(15)21(22,23)24;1-2/h2,4,6,8-9,11,14,20H,3,5,7,10H2,1H3,(H,26,27);1-2H3/t14-,20?;/m0./s1. The zero-order chi connectivity index (χ0) is 24.5. The molecule has 0 saturated carbocycles. The first-order valence-electron chi connectivity index (χ1n) is 11.3. The zero-order valence-electron chi connectivity index (χ0n) is 19.2. The summed E-state index contributed by atoms with van der Waals surface area (Å²) in [6, 6.07) is 4.44. The third-order valence-corrected chi connectivity index (χ3v) is 5.81. The minimum absolute atomic E-state index is 0.0406. The van der Waals surface area contributed by atoms with Gasteiger partial charge in [-0.05, 0) is 44.0 Å². The van der Waals surface area contributed by atoms with E-state index < -0.39 is 29.6 Å². The lowest BCUT2D eigenvalue weighted by Gasteiger charge is -2.39. The molecule has 1 N–H and O–H groups in total. The quantitative estimate of drug-likeness (QED) is 0.712. The molecular formula is C23H26F3N7O. The highest BCUT2D eigenvalue weighted by molar-refractivity contribution is 5.98. The first-order chi connectivity index (χ1) is 16.3. The molecule has 34 heavy (non-hydrogen) atoms. The van der Waals surface area contributed by atoms with E-state index in [4.69, 9.17) is 0 Å². The third-order valence-electron chi connectivity index (χ3n) is 5.81. The number of hydrogen-bond donors (Lipinski definition) is 1. The summed E-state index contributed by atoms with van der Waals surface area (Å²) in [5, 5.41) is 2.22. The molecule has 8 nitrogen and oxygen atoms in total. The fourth-order valence-electron chi connectivity index (χ4n) is 4.37. The molecule has 2 aromatic heterocycles. The molecule has 11 heteroatoms. The second kappa shape index (κ2) is 9.40. The monoisotopic (exact) mass is 473 g/mol. The highest BCUT2D eigenvalue weighted by atomic mass is 19.4. The normalized spacial score (nSPS) is 21.8. The Hall–Kier alpha value is -3.50. The van der Waals surface area contributed by atoms with Crippen LogP contribution in [-0.4, -0.2) is 57.2 Å². The van der Waals surface area contributed by atoms with Gasteiger partial charge in [-0.1, -0.05) is 13.8 Å². The summed E-state index contributed by atoms with van der Waals surface area (Å²) in [7, 11) is 0. The van der Waals surface area contributed by atoms with E-state index in [-0.39, 0.29) is 11.6 Å². The molecule has 2 atom stereocenters. The molecule has 3 aliphatic heterocycles. The summed E-state index contributed by atoms with van der Waals surface area (Å²) in [6.45, 7) is 6.55. The number of carbonyl (C=O) groups is 1. The summed E-state index contributed by atoms with van der Waals surface area (Å²) in [5.41, 5.74) is 3.10. The Balaban J connectivity index is 0.00000133. The average Bonchev–Trinajstić information content (AvgIpc) is 3.31. The number of aromatic nitrogens is 2. The number of pyridine rings is 2. The number of alkyl halides is 3. The highest BCUT2D eigenvalue weighted by Crippen LogP contribution is 2.35. The predicted octanol–water partition coefficient (Wildman–Crippen LogP) is 4.02. The van der Waals surface area contributed by atoms with Crippen molar-refractivity contribution in [2.75, 3.05) is 13.1 Å². The van der Waals surface area contributed by atoms with Crippen LogP contribution in [0.1, 0.15) is 49.7 Å². The second-order valence-electron chi connectivity index (χ2n) is 7.99. The highest BCUT2D eigenvalue weighted by Gasteiger charge is 2.40. The smallest absolute Gasteiger partial charge is 0.338 e. The van der Waals surface area contributed by atoms with E-state index in [9.17, 15) is 18.0 Å². The molecule has 5 rings (SSSR count). The van der Waals surface area contributed by atoms with Crippen LogP contribution in [0.3, 0.4) is 0 Å². The summed E-state index contributed by atoms with van der Waals surface area (Å²) >= 11 is 0. The van der Waals surface area contributed by atoms with E-state index in [1.807, 2.05) is 31.9 Å². The molecule has 1 fully saturated rings. The lowest BCUT2D eigenvalue weighted by Crippen LogP contribution is -2.47. The van der Waals surface area contributed by atoms with Crippen molar-refractivity contribution < 1.29 is 18.0 Å². The molecule has 0 bridgehead atoms. The van der Waals surface area contributed by atoms with Gasteiger partial charge in [0.05, 0.1) is 5.56 Å². The first-order valence-corrected chi connectivity index (χ1v) is 11.3. The maximum Gasteiger partial charge on any atom is 0.434 e. The number of hydrogen-bond acceptors (Lipinski definition) is 7. The number of carbonyl (C=O) groups excluding carboxylic acids is 1. The van der Waals surface area contributed by atoms with Crippen molar-refractivity contribution in [3.63, 3.8) is 0 Å². The van der Waals surface area contributed by atoms with Crippen LogP contribution < -0.4 is 5.43 Å². The molecule has 2 aromatic rings. The maximum atomic E-state index is 13.7. The lowest BCUT2D eigenvalue weighted by molar-refractivity contribution is -0.141. The SMILES string of the molecule is CC.CC1=NC2N=CNN2C([C@H]2CCCN(C(=O)c3cc4cccnc4nc3C(F)(F)F)C2)=C1. The molecule has 1 amide bonds. The molecular weight excluding hydrogens is 447 g/mol. The van der Waals surface area contributed by atoms with Gasteiger partial charge in [-0.3, -0.25) is 10.2 Å². The zero-order valence-corrected chi connectivity index (χ0v) is 19.2. The number of nitrogens with zero attached hydrogens (tertiary/aromatic N) is 6. The number of likely N-dealkylation sites (tertiary alicyclic amines) is 1. The van der Waals surface area contributed by atoms with Crippen molar-refractivity contribution in [3.8, 4) is 0 Å². The molecule has 180 valence electrons. The summed E-state index contributed by atoms with van der Waals surface area (Å²) in [4.78, 5) is 31.1. The van der Waals surface area contributed by atoms with E-state index in [0.717, 1.165) is 17.8 Å². The molecule has 1 unspecified atom stereocenters. The van der Waals surface area contributed by atoms with E-state index in [0.29, 0.717) is 24.9 Å². The fourth-order valence-corrected chi connectivity index (χ4v) is 4.37. The van der Waals surface area contributed by atoms with Crippen LogP contribution in [0.5, 0.6) is 0 Å². The van der Waals surface area contributed by atoms with Gasteiger partial charge >= 0.3 is 6.18 Å². The van der Waals surface area contributed by atoms with Crippen molar-refractivity contribution in [1.82, 2.24) is 25.3 Å². The third kappa shape index (κ3) is 4.46. The molecule has 1 saturated heterocycles. The second-order valence-corrected chi connectivity index (χ2v) is 7.99. The minimum Gasteiger partial charge on any atom is -0.338 e. The molecule has 0 spiro atoms. The molecule has 3 aliphatic rings. The number of hydrazine groups is 1. The Morgan fingerprint density at radius 3 is 2.82 bits per heavy atom. The lowest BCUT2D eigenvalue weighted by atomic mass is 9.92. The number of amides is 1. The van der Waals surface area contributed by atoms with Gasteiger partial charge in [0, 0.05) is 42.0 Å². The van der Waals surface area contributed by atoms with Gasteiger partial charge < -0.3 is 4.90 Å². The number of rotatable bonds is 2. The topological polar surface area (TPSA) is 86.1 Å². The van der Waals surface area contributed by atoms with Gasteiger partial charge in [0.25, 0.3) is 5.91 Å². The number of fused-ring (bicyclic) bond motifs is 2. The Kier molecular flexibility index (Phi) is 6.54. The summed E-state index contributed by atoms with van der Waals surface area (Å²) < 4.78 is 41.2. The van der Waals surface area contributed by atoms with Gasteiger partial charge in [-0.2, -0.15) is 13.2 Å². The van der Waals surface area contributed by atoms with E-state index in [1.54, 1.807) is 18.5 Å². The Bertz CT molecular complexity index is 1170. The minimum atomic E-state index is -4.77. The predicted molar refractivity (Wildman–Crippen MR) is 123 cm³/mol. The van der Waals surface area contributed by atoms with Gasteiger partial charge in [0.2, 0.25) is 6.29 Å². The van der Waals surface area contributed by atoms with E-state index in [2.05, 4.69) is 25.4 Å². The van der Waals surface area contributed by atoms with Crippen LogP contribution in [0.4, 0.5) is 13.2 Å². The molecule has 5 heterocycles. The van der Waals surface area contributed by atoms with Crippen molar-refractivity contribution in [1.29, 1.82) is 0 Å².